The normalized spacial score (nSPS) is 14.2. The molecular weight excluding hydrogens is 417 g/mol. The van der Waals surface area contributed by atoms with Gasteiger partial charge in [-0.05, 0) is 51.5 Å². The molecule has 4 N–H and O–H groups in total. The van der Waals surface area contributed by atoms with E-state index >= 15 is 0 Å². The smallest absolute Gasteiger partial charge is 0.403 e. The number of nitrogens with one attached hydrogen (secondary N) is 1. The predicted octanol–water partition coefficient (Wildman–Crippen LogP) is 7.13. The van der Waals surface area contributed by atoms with Crippen LogP contribution in [0, 0.1) is 0 Å². The Balaban J connectivity index is 3.91. The summed E-state index contributed by atoms with van der Waals surface area (Å²) in [6.07, 6.45) is 15.4. The summed E-state index contributed by atoms with van der Waals surface area (Å²) in [5.74, 6) is -1.23. The van der Waals surface area contributed by atoms with E-state index in [1.54, 1.807) is 0 Å². The largest absolute Gasteiger partial charge is 0.480 e. The molecule has 32 heavy (non-hydrogen) atoms. The molecule has 0 aromatic carbocycles. The molecule has 2 unspecified atom stereocenters. The molecule has 7 heteroatoms. The second kappa shape index (κ2) is 20.5. The van der Waals surface area contributed by atoms with Gasteiger partial charge in [0.1, 0.15) is 12.1 Å². The number of carboxylic acids is 1. The molecule has 0 aromatic rings. The van der Waals surface area contributed by atoms with E-state index in [1.165, 1.54) is 38.5 Å². The molecule has 0 bridgehead atoms. The number of aliphatic carboxylic acids is 1. The van der Waals surface area contributed by atoms with E-state index in [9.17, 15) is 23.1 Å². The highest BCUT2D eigenvalue weighted by Crippen LogP contribution is 2.25. The molecular formula is C25H47F3N2O2. The van der Waals surface area contributed by atoms with Crippen LogP contribution in [0.5, 0.6) is 0 Å². The molecule has 4 nitrogen and oxygen atoms in total. The van der Waals surface area contributed by atoms with E-state index in [-0.39, 0.29) is 12.8 Å². The molecule has 2 atom stereocenters. The van der Waals surface area contributed by atoms with Crippen molar-refractivity contribution in [1.82, 2.24) is 5.32 Å². The number of halogens is 3. The molecule has 0 fully saturated rings. The van der Waals surface area contributed by atoms with Crippen molar-refractivity contribution in [2.75, 3.05) is 6.54 Å². The fraction of sp³-hybridized carbons (Fsp3) is 0.880. The second-order valence-corrected chi connectivity index (χ2v) is 8.81. The molecule has 0 saturated heterocycles. The van der Waals surface area contributed by atoms with Crippen LogP contribution in [0.1, 0.15) is 116 Å². The molecule has 0 spiro atoms. The van der Waals surface area contributed by atoms with Crippen molar-refractivity contribution >= 4 is 5.97 Å². The summed E-state index contributed by atoms with van der Waals surface area (Å²) in [6.45, 7) is 2.63. The Morgan fingerprint density at radius 3 is 1.84 bits per heavy atom. The van der Waals surface area contributed by atoms with Crippen LogP contribution in [-0.2, 0) is 4.79 Å². The van der Waals surface area contributed by atoms with Crippen molar-refractivity contribution in [2.24, 2.45) is 5.73 Å². The first-order valence-electron chi connectivity index (χ1n) is 12.7. The van der Waals surface area contributed by atoms with Crippen LogP contribution in [0.2, 0.25) is 0 Å². The molecule has 0 rings (SSSR count). The van der Waals surface area contributed by atoms with Gasteiger partial charge in [-0.15, -0.1) is 0 Å². The van der Waals surface area contributed by atoms with Crippen molar-refractivity contribution in [3.8, 4) is 0 Å². The minimum absolute atomic E-state index is 0.0762. The fourth-order valence-corrected chi connectivity index (χ4v) is 3.77. The lowest BCUT2D eigenvalue weighted by Crippen LogP contribution is -2.50. The zero-order valence-electron chi connectivity index (χ0n) is 20.1. The Bertz CT molecular complexity index is 471. The first-order chi connectivity index (χ1) is 15.3. The average Bonchev–Trinajstić information content (AvgIpc) is 2.73. The number of rotatable bonds is 22. The van der Waals surface area contributed by atoms with Crippen LogP contribution in [0.4, 0.5) is 13.2 Å². The molecule has 0 heterocycles. The molecule has 0 aromatic heterocycles. The van der Waals surface area contributed by atoms with E-state index in [0.29, 0.717) is 25.8 Å². The van der Waals surface area contributed by atoms with Crippen molar-refractivity contribution in [2.45, 2.75) is 134 Å². The molecule has 0 aliphatic rings. The van der Waals surface area contributed by atoms with Crippen LogP contribution in [0.3, 0.4) is 0 Å². The van der Waals surface area contributed by atoms with Gasteiger partial charge in [-0.3, -0.25) is 10.1 Å². The number of hydrogen-bond acceptors (Lipinski definition) is 3. The monoisotopic (exact) mass is 464 g/mol. The van der Waals surface area contributed by atoms with Gasteiger partial charge in [-0.25, -0.2) is 0 Å². The Labute approximate surface area is 193 Å². The number of nitrogens with two attached hydrogens (primary N) is 1. The Morgan fingerprint density at radius 2 is 1.34 bits per heavy atom. The maximum atomic E-state index is 13.3. The van der Waals surface area contributed by atoms with Crippen LogP contribution >= 0.6 is 0 Å². The number of allylic oxidation sites excluding steroid dienone is 2. The van der Waals surface area contributed by atoms with Gasteiger partial charge in [0.25, 0.3) is 0 Å². The topological polar surface area (TPSA) is 75.3 Å². The average molecular weight is 465 g/mol. The van der Waals surface area contributed by atoms with Gasteiger partial charge >= 0.3 is 12.1 Å². The number of hydrogen-bond donors (Lipinski definition) is 3. The van der Waals surface area contributed by atoms with Gasteiger partial charge in [0.2, 0.25) is 0 Å². The summed E-state index contributed by atoms with van der Waals surface area (Å²) < 4.78 is 40.0. The predicted molar refractivity (Wildman–Crippen MR) is 127 cm³/mol. The van der Waals surface area contributed by atoms with Crippen LogP contribution in [0.15, 0.2) is 12.2 Å². The highest BCUT2D eigenvalue weighted by molar-refractivity contribution is 5.73. The maximum absolute atomic E-state index is 13.3. The van der Waals surface area contributed by atoms with Crippen molar-refractivity contribution in [3.63, 3.8) is 0 Å². The van der Waals surface area contributed by atoms with Crippen molar-refractivity contribution < 1.29 is 23.1 Å². The summed E-state index contributed by atoms with van der Waals surface area (Å²) in [7, 11) is 0. The number of alkyl halides is 3. The Morgan fingerprint density at radius 1 is 0.844 bits per heavy atom. The Kier molecular flexibility index (Phi) is 19.8. The fourth-order valence-electron chi connectivity index (χ4n) is 3.77. The minimum atomic E-state index is -4.44. The SMILES string of the molecule is CCCCCC/C=C\CCCCCCCCCC(NC(CCCCN)C(=O)O)C(F)(F)F. The summed E-state index contributed by atoms with van der Waals surface area (Å²) in [6, 6.07) is -2.95. The number of carbonyl (C=O) groups is 1. The third-order valence-electron chi connectivity index (χ3n) is 5.80. The lowest BCUT2D eigenvalue weighted by molar-refractivity contribution is -0.163. The van der Waals surface area contributed by atoms with Crippen molar-refractivity contribution in [3.05, 3.63) is 12.2 Å². The summed E-state index contributed by atoms with van der Waals surface area (Å²) in [4.78, 5) is 11.3. The number of carboxylic acid groups (broad SMARTS) is 1. The van der Waals surface area contributed by atoms with E-state index in [2.05, 4.69) is 24.4 Å². The van der Waals surface area contributed by atoms with Gasteiger partial charge in [0.15, 0.2) is 0 Å². The quantitative estimate of drug-likeness (QED) is 0.118. The van der Waals surface area contributed by atoms with E-state index in [1.807, 2.05) is 0 Å². The van der Waals surface area contributed by atoms with E-state index in [0.717, 1.165) is 38.5 Å². The maximum Gasteiger partial charge on any atom is 0.403 e. The third kappa shape index (κ3) is 18.5. The molecule has 0 aliphatic carbocycles. The molecule has 0 aliphatic heterocycles. The van der Waals surface area contributed by atoms with E-state index < -0.39 is 24.2 Å². The highest BCUT2D eigenvalue weighted by atomic mass is 19.4. The molecule has 0 radical (unpaired) electrons. The molecule has 190 valence electrons. The second-order valence-electron chi connectivity index (χ2n) is 8.81. The Hall–Kier alpha value is -1.08. The third-order valence-corrected chi connectivity index (χ3v) is 5.80. The van der Waals surface area contributed by atoms with Crippen molar-refractivity contribution in [1.29, 1.82) is 0 Å². The van der Waals surface area contributed by atoms with Gasteiger partial charge < -0.3 is 10.8 Å². The molecule has 0 saturated carbocycles. The zero-order chi connectivity index (χ0) is 24.1. The van der Waals surface area contributed by atoms with Crippen LogP contribution < -0.4 is 11.1 Å². The first-order valence-corrected chi connectivity index (χ1v) is 12.7. The summed E-state index contributed by atoms with van der Waals surface area (Å²) in [5, 5.41) is 11.6. The number of unbranched alkanes of at least 4 members (excludes halogenated alkanes) is 12. The van der Waals surface area contributed by atoms with Crippen LogP contribution in [0.25, 0.3) is 0 Å². The highest BCUT2D eigenvalue weighted by Gasteiger charge is 2.41. The van der Waals surface area contributed by atoms with E-state index in [4.69, 9.17) is 5.73 Å². The zero-order valence-corrected chi connectivity index (χ0v) is 20.1. The van der Waals surface area contributed by atoms with Gasteiger partial charge in [-0.2, -0.15) is 13.2 Å². The summed E-state index contributed by atoms with van der Waals surface area (Å²) in [5.41, 5.74) is 5.38. The summed E-state index contributed by atoms with van der Waals surface area (Å²) >= 11 is 0. The van der Waals surface area contributed by atoms with Gasteiger partial charge in [-0.1, -0.05) is 83.3 Å². The van der Waals surface area contributed by atoms with Gasteiger partial charge in [0, 0.05) is 0 Å². The first kappa shape index (κ1) is 30.9. The standard InChI is InChI=1S/C25H47F3N2O2/c1-2-3-4-5-6-7-8-9-10-11-12-13-14-15-16-20-23(25(26,27)28)30-22(24(31)32)19-17-18-21-29/h7-8,22-23,30H,2-6,9-21,29H2,1H3,(H,31,32)/b8-7-. The lowest BCUT2D eigenvalue weighted by Gasteiger charge is -2.25. The molecule has 0 amide bonds. The van der Waals surface area contributed by atoms with Gasteiger partial charge in [0.05, 0.1) is 0 Å². The van der Waals surface area contributed by atoms with Crippen LogP contribution in [-0.4, -0.2) is 35.9 Å². The minimum Gasteiger partial charge on any atom is -0.480 e. The lowest BCUT2D eigenvalue weighted by atomic mass is 10.0.